The SMILES string of the molecule is CC(CCN)CCC(=O)NC(C)Cn1ccnc1. The van der Waals surface area contributed by atoms with Crippen LogP contribution in [0, 0.1) is 5.92 Å². The predicted octanol–water partition coefficient (Wildman–Crippen LogP) is 1.15. The number of nitrogens with two attached hydrogens (primary N) is 1. The van der Waals surface area contributed by atoms with Gasteiger partial charge in [-0.15, -0.1) is 0 Å². The van der Waals surface area contributed by atoms with Crippen molar-refractivity contribution in [2.24, 2.45) is 11.7 Å². The molecule has 0 spiro atoms. The number of carbonyl (C=O) groups excluding carboxylic acids is 1. The van der Waals surface area contributed by atoms with Crippen molar-refractivity contribution < 1.29 is 4.79 Å². The molecule has 18 heavy (non-hydrogen) atoms. The van der Waals surface area contributed by atoms with Gasteiger partial charge in [-0.2, -0.15) is 0 Å². The van der Waals surface area contributed by atoms with Crippen LogP contribution in [0.25, 0.3) is 0 Å². The summed E-state index contributed by atoms with van der Waals surface area (Å²) in [7, 11) is 0. The van der Waals surface area contributed by atoms with Gasteiger partial charge >= 0.3 is 0 Å². The van der Waals surface area contributed by atoms with Gasteiger partial charge in [0.05, 0.1) is 6.33 Å². The second-order valence-electron chi connectivity index (χ2n) is 4.95. The highest BCUT2D eigenvalue weighted by molar-refractivity contribution is 5.76. The minimum absolute atomic E-state index is 0.117. The molecule has 1 amide bonds. The van der Waals surface area contributed by atoms with E-state index in [1.165, 1.54) is 0 Å². The van der Waals surface area contributed by atoms with Gasteiger partial charge in [0, 0.05) is 31.4 Å². The number of aromatic nitrogens is 2. The van der Waals surface area contributed by atoms with Gasteiger partial charge < -0.3 is 15.6 Å². The summed E-state index contributed by atoms with van der Waals surface area (Å²) in [4.78, 5) is 15.7. The highest BCUT2D eigenvalue weighted by atomic mass is 16.1. The molecule has 1 heterocycles. The lowest BCUT2D eigenvalue weighted by molar-refractivity contribution is -0.122. The van der Waals surface area contributed by atoms with Gasteiger partial charge in [0.15, 0.2) is 0 Å². The van der Waals surface area contributed by atoms with Crippen LogP contribution in [0.2, 0.25) is 0 Å². The highest BCUT2D eigenvalue weighted by Gasteiger charge is 2.09. The maximum absolute atomic E-state index is 11.7. The van der Waals surface area contributed by atoms with Crippen LogP contribution in [-0.4, -0.2) is 28.0 Å². The first-order valence-electron chi connectivity index (χ1n) is 6.57. The molecule has 0 saturated heterocycles. The molecule has 2 unspecified atom stereocenters. The van der Waals surface area contributed by atoms with Crippen molar-refractivity contribution in [2.75, 3.05) is 6.54 Å². The van der Waals surface area contributed by atoms with E-state index in [-0.39, 0.29) is 11.9 Å². The van der Waals surface area contributed by atoms with Crippen LogP contribution >= 0.6 is 0 Å². The van der Waals surface area contributed by atoms with E-state index in [2.05, 4.69) is 17.2 Å². The van der Waals surface area contributed by atoms with Crippen molar-refractivity contribution in [3.05, 3.63) is 18.7 Å². The normalized spacial score (nSPS) is 14.2. The van der Waals surface area contributed by atoms with Gasteiger partial charge in [0.25, 0.3) is 0 Å². The van der Waals surface area contributed by atoms with E-state index in [1.807, 2.05) is 17.7 Å². The molecule has 0 aliphatic carbocycles. The zero-order valence-corrected chi connectivity index (χ0v) is 11.3. The largest absolute Gasteiger partial charge is 0.352 e. The first-order valence-corrected chi connectivity index (χ1v) is 6.57. The van der Waals surface area contributed by atoms with E-state index in [1.54, 1.807) is 12.5 Å². The molecule has 0 saturated carbocycles. The van der Waals surface area contributed by atoms with Crippen LogP contribution in [-0.2, 0) is 11.3 Å². The zero-order chi connectivity index (χ0) is 13.4. The third kappa shape index (κ3) is 5.82. The molecule has 2 atom stereocenters. The second kappa shape index (κ2) is 7.87. The molecule has 3 N–H and O–H groups in total. The summed E-state index contributed by atoms with van der Waals surface area (Å²) in [6, 6.07) is 0.122. The number of imidazole rings is 1. The van der Waals surface area contributed by atoms with Gasteiger partial charge in [-0.3, -0.25) is 4.79 Å². The van der Waals surface area contributed by atoms with E-state index in [4.69, 9.17) is 5.73 Å². The van der Waals surface area contributed by atoms with Crippen molar-refractivity contribution in [3.63, 3.8) is 0 Å². The van der Waals surface area contributed by atoms with Crippen LogP contribution in [0.15, 0.2) is 18.7 Å². The van der Waals surface area contributed by atoms with Crippen molar-refractivity contribution in [3.8, 4) is 0 Å². The fraction of sp³-hybridized carbons (Fsp3) is 0.692. The number of carbonyl (C=O) groups is 1. The van der Waals surface area contributed by atoms with Crippen LogP contribution in [0.5, 0.6) is 0 Å². The topological polar surface area (TPSA) is 72.9 Å². The summed E-state index contributed by atoms with van der Waals surface area (Å²) in [6.45, 7) is 5.58. The lowest BCUT2D eigenvalue weighted by Crippen LogP contribution is -2.35. The summed E-state index contributed by atoms with van der Waals surface area (Å²) >= 11 is 0. The van der Waals surface area contributed by atoms with Gasteiger partial charge in [0.1, 0.15) is 0 Å². The molecule has 0 bridgehead atoms. The number of hydrogen-bond acceptors (Lipinski definition) is 3. The monoisotopic (exact) mass is 252 g/mol. The Morgan fingerprint density at radius 2 is 2.22 bits per heavy atom. The third-order valence-electron chi connectivity index (χ3n) is 2.97. The summed E-state index contributed by atoms with van der Waals surface area (Å²) < 4.78 is 1.96. The summed E-state index contributed by atoms with van der Waals surface area (Å²) in [5.74, 6) is 0.635. The molecule has 5 heteroatoms. The van der Waals surface area contributed by atoms with Gasteiger partial charge in [-0.1, -0.05) is 6.92 Å². The fourth-order valence-corrected chi connectivity index (χ4v) is 1.91. The molecule has 0 aliphatic rings. The predicted molar refractivity (Wildman–Crippen MR) is 71.9 cm³/mol. The number of hydrogen-bond donors (Lipinski definition) is 2. The van der Waals surface area contributed by atoms with Crippen molar-refractivity contribution in [1.82, 2.24) is 14.9 Å². The maximum atomic E-state index is 11.7. The van der Waals surface area contributed by atoms with E-state index < -0.39 is 0 Å². The molecule has 1 rings (SSSR count). The number of amides is 1. The molecule has 1 aromatic rings. The maximum Gasteiger partial charge on any atom is 0.220 e. The smallest absolute Gasteiger partial charge is 0.220 e. The molecule has 0 fully saturated rings. The van der Waals surface area contributed by atoms with Gasteiger partial charge in [0.2, 0.25) is 5.91 Å². The summed E-state index contributed by atoms with van der Waals surface area (Å²) in [5.41, 5.74) is 5.48. The summed E-state index contributed by atoms with van der Waals surface area (Å²) in [6.07, 6.45) is 7.86. The van der Waals surface area contributed by atoms with Gasteiger partial charge in [-0.05, 0) is 32.2 Å². The standard InChI is InChI=1S/C13H24N4O/c1-11(5-6-14)3-4-13(18)16-12(2)9-17-8-7-15-10-17/h7-8,10-12H,3-6,9,14H2,1-2H3,(H,16,18). The van der Waals surface area contributed by atoms with Crippen LogP contribution in [0.4, 0.5) is 0 Å². The van der Waals surface area contributed by atoms with Crippen molar-refractivity contribution in [1.29, 1.82) is 0 Å². The molecule has 0 aliphatic heterocycles. The van der Waals surface area contributed by atoms with E-state index in [9.17, 15) is 4.79 Å². The first kappa shape index (κ1) is 14.7. The molecular formula is C13H24N4O. The second-order valence-corrected chi connectivity index (χ2v) is 4.95. The summed E-state index contributed by atoms with van der Waals surface area (Å²) in [5, 5.41) is 3.00. The van der Waals surface area contributed by atoms with Crippen LogP contribution in [0.3, 0.4) is 0 Å². The Labute approximate surface area is 109 Å². The minimum atomic E-state index is 0.117. The lowest BCUT2D eigenvalue weighted by atomic mass is 10.0. The Bertz CT molecular complexity index is 337. The Kier molecular flexibility index (Phi) is 6.43. The minimum Gasteiger partial charge on any atom is -0.352 e. The Balaban J connectivity index is 2.19. The van der Waals surface area contributed by atoms with Crippen LogP contribution in [0.1, 0.15) is 33.1 Å². The van der Waals surface area contributed by atoms with E-state index in [0.29, 0.717) is 18.9 Å². The van der Waals surface area contributed by atoms with E-state index >= 15 is 0 Å². The lowest BCUT2D eigenvalue weighted by Gasteiger charge is -2.15. The molecular weight excluding hydrogens is 228 g/mol. The molecule has 0 radical (unpaired) electrons. The zero-order valence-electron chi connectivity index (χ0n) is 11.3. The van der Waals surface area contributed by atoms with Gasteiger partial charge in [-0.25, -0.2) is 4.98 Å². The highest BCUT2D eigenvalue weighted by Crippen LogP contribution is 2.08. The van der Waals surface area contributed by atoms with Crippen molar-refractivity contribution >= 4 is 5.91 Å². The van der Waals surface area contributed by atoms with E-state index in [0.717, 1.165) is 19.4 Å². The first-order chi connectivity index (χ1) is 8.61. The number of nitrogens with one attached hydrogen (secondary N) is 1. The molecule has 1 aromatic heterocycles. The molecule has 0 aromatic carbocycles. The number of nitrogens with zero attached hydrogens (tertiary/aromatic N) is 2. The van der Waals surface area contributed by atoms with Crippen LogP contribution < -0.4 is 11.1 Å². The average Bonchev–Trinajstić information content (AvgIpc) is 2.79. The fourth-order valence-electron chi connectivity index (χ4n) is 1.91. The Hall–Kier alpha value is -1.36. The third-order valence-corrected chi connectivity index (χ3v) is 2.97. The number of rotatable bonds is 8. The quantitative estimate of drug-likeness (QED) is 0.729. The van der Waals surface area contributed by atoms with Crippen molar-refractivity contribution in [2.45, 2.75) is 45.7 Å². The molecule has 5 nitrogen and oxygen atoms in total. The molecule has 102 valence electrons. The Morgan fingerprint density at radius 3 is 2.83 bits per heavy atom. The Morgan fingerprint density at radius 1 is 1.44 bits per heavy atom. The average molecular weight is 252 g/mol.